The number of benzene rings is 3. The van der Waals surface area contributed by atoms with Crippen LogP contribution in [0.2, 0.25) is 0 Å². The van der Waals surface area contributed by atoms with E-state index in [2.05, 4.69) is 19.2 Å². The van der Waals surface area contributed by atoms with Crippen molar-refractivity contribution in [3.05, 3.63) is 83.9 Å². The van der Waals surface area contributed by atoms with Gasteiger partial charge in [-0.05, 0) is 60.0 Å². The van der Waals surface area contributed by atoms with Crippen LogP contribution in [0.25, 0.3) is 0 Å². The van der Waals surface area contributed by atoms with Crippen molar-refractivity contribution in [1.82, 2.24) is 0 Å². The first-order valence-electron chi connectivity index (χ1n) is 10.1. The zero-order valence-electron chi connectivity index (χ0n) is 17.5. The number of methoxy groups -OCH3 is 1. The van der Waals surface area contributed by atoms with Crippen LogP contribution in [0, 0.1) is 5.92 Å². The predicted octanol–water partition coefficient (Wildman–Crippen LogP) is 5.50. The summed E-state index contributed by atoms with van der Waals surface area (Å²) in [6.45, 7) is 4.91. The van der Waals surface area contributed by atoms with Crippen LogP contribution in [-0.2, 0) is 0 Å². The van der Waals surface area contributed by atoms with Crippen LogP contribution in [0.1, 0.15) is 35.9 Å². The Morgan fingerprint density at radius 2 is 1.60 bits per heavy atom. The molecule has 1 N–H and O–H groups in total. The molecule has 5 nitrogen and oxygen atoms in total. The molecule has 0 spiro atoms. The Kier molecular flexibility index (Phi) is 5.61. The summed E-state index contributed by atoms with van der Waals surface area (Å²) >= 11 is 0. The molecule has 30 heavy (non-hydrogen) atoms. The number of carbonyl (C=O) groups is 1. The lowest BCUT2D eigenvalue weighted by Gasteiger charge is -2.38. The van der Waals surface area contributed by atoms with Gasteiger partial charge in [-0.25, -0.2) is 0 Å². The summed E-state index contributed by atoms with van der Waals surface area (Å²) in [4.78, 5) is 15.2. The second-order valence-electron chi connectivity index (χ2n) is 7.74. The monoisotopic (exact) mass is 402 g/mol. The SMILES string of the molecule is COc1ccc(N2C(=O)c3ccccc3N[C@@H]2c2ccc(OCC(C)C)cc2)cc1. The summed E-state index contributed by atoms with van der Waals surface area (Å²) in [5, 5.41) is 3.52. The Labute approximate surface area is 177 Å². The van der Waals surface area contributed by atoms with E-state index in [1.807, 2.05) is 72.8 Å². The maximum absolute atomic E-state index is 13.4. The normalized spacial score (nSPS) is 15.5. The highest BCUT2D eigenvalue weighted by atomic mass is 16.5. The minimum Gasteiger partial charge on any atom is -0.497 e. The standard InChI is InChI=1S/C25H26N2O3/c1-17(2)16-30-21-12-8-18(9-13-21)24-26-23-7-5-4-6-22(23)25(28)27(24)19-10-14-20(29-3)15-11-19/h4-15,17,24,26H,16H2,1-3H3/t24-/m0/s1. The summed E-state index contributed by atoms with van der Waals surface area (Å²) in [5.41, 5.74) is 3.26. The van der Waals surface area contributed by atoms with Gasteiger partial charge in [0.25, 0.3) is 5.91 Å². The third-order valence-corrected chi connectivity index (χ3v) is 5.06. The highest BCUT2D eigenvalue weighted by molar-refractivity contribution is 6.12. The Morgan fingerprint density at radius 3 is 2.27 bits per heavy atom. The molecule has 154 valence electrons. The van der Waals surface area contributed by atoms with Crippen molar-refractivity contribution in [3.63, 3.8) is 0 Å². The van der Waals surface area contributed by atoms with Crippen LogP contribution in [0.3, 0.4) is 0 Å². The molecule has 0 aromatic heterocycles. The van der Waals surface area contributed by atoms with Gasteiger partial charge in [0.15, 0.2) is 0 Å². The van der Waals surface area contributed by atoms with Crippen molar-refractivity contribution < 1.29 is 14.3 Å². The van der Waals surface area contributed by atoms with E-state index in [0.29, 0.717) is 18.1 Å². The van der Waals surface area contributed by atoms with Crippen molar-refractivity contribution >= 4 is 17.3 Å². The average molecular weight is 402 g/mol. The Bertz CT molecular complexity index is 1010. The second-order valence-corrected chi connectivity index (χ2v) is 7.74. The number of rotatable bonds is 6. The lowest BCUT2D eigenvalue weighted by Crippen LogP contribution is -2.43. The van der Waals surface area contributed by atoms with Crippen LogP contribution in [0.15, 0.2) is 72.8 Å². The van der Waals surface area contributed by atoms with Gasteiger partial charge in [-0.1, -0.05) is 38.1 Å². The molecule has 0 radical (unpaired) electrons. The van der Waals surface area contributed by atoms with Gasteiger partial charge in [0.1, 0.15) is 17.7 Å². The summed E-state index contributed by atoms with van der Waals surface area (Å²) < 4.78 is 11.1. The van der Waals surface area contributed by atoms with Crippen molar-refractivity contribution in [2.24, 2.45) is 5.92 Å². The summed E-state index contributed by atoms with van der Waals surface area (Å²) in [5.74, 6) is 2.00. The molecule has 0 bridgehead atoms. The fourth-order valence-corrected chi connectivity index (χ4v) is 3.51. The van der Waals surface area contributed by atoms with Gasteiger partial charge in [0.05, 0.1) is 19.3 Å². The number of hydrogen-bond donors (Lipinski definition) is 1. The lowest BCUT2D eigenvalue weighted by molar-refractivity contribution is 0.0975. The van der Waals surface area contributed by atoms with Gasteiger partial charge in [-0.15, -0.1) is 0 Å². The van der Waals surface area contributed by atoms with Crippen molar-refractivity contribution in [3.8, 4) is 11.5 Å². The molecule has 0 aliphatic carbocycles. The minimum absolute atomic E-state index is 0.0420. The van der Waals surface area contributed by atoms with Gasteiger partial charge in [0.2, 0.25) is 0 Å². The third kappa shape index (κ3) is 3.96. The quantitative estimate of drug-likeness (QED) is 0.591. The van der Waals surface area contributed by atoms with Gasteiger partial charge >= 0.3 is 0 Å². The van der Waals surface area contributed by atoms with Crippen LogP contribution in [-0.4, -0.2) is 19.6 Å². The maximum atomic E-state index is 13.4. The first-order chi connectivity index (χ1) is 14.6. The molecule has 1 heterocycles. The fourth-order valence-electron chi connectivity index (χ4n) is 3.51. The van der Waals surface area contributed by atoms with Crippen LogP contribution < -0.4 is 19.7 Å². The molecule has 1 aliphatic rings. The first-order valence-corrected chi connectivity index (χ1v) is 10.1. The Morgan fingerprint density at radius 1 is 0.933 bits per heavy atom. The van der Waals surface area contributed by atoms with Crippen molar-refractivity contribution in [2.45, 2.75) is 20.0 Å². The van der Waals surface area contributed by atoms with E-state index in [4.69, 9.17) is 9.47 Å². The van der Waals surface area contributed by atoms with Crippen molar-refractivity contribution in [1.29, 1.82) is 0 Å². The Hall–Kier alpha value is -3.47. The maximum Gasteiger partial charge on any atom is 0.262 e. The highest BCUT2D eigenvalue weighted by Gasteiger charge is 2.34. The molecule has 3 aromatic rings. The molecule has 0 unspecified atom stereocenters. The molecule has 1 aliphatic heterocycles. The van der Waals surface area contributed by atoms with Crippen LogP contribution in [0.4, 0.5) is 11.4 Å². The number of para-hydroxylation sites is 1. The van der Waals surface area contributed by atoms with E-state index in [9.17, 15) is 4.79 Å². The molecule has 1 atom stereocenters. The molecule has 0 saturated heterocycles. The largest absolute Gasteiger partial charge is 0.497 e. The number of nitrogens with one attached hydrogen (secondary N) is 1. The zero-order chi connectivity index (χ0) is 21.1. The average Bonchev–Trinajstić information content (AvgIpc) is 2.78. The topological polar surface area (TPSA) is 50.8 Å². The van der Waals surface area contributed by atoms with Gasteiger partial charge in [-0.3, -0.25) is 9.69 Å². The first kappa shape index (κ1) is 19.8. The van der Waals surface area contributed by atoms with Crippen LogP contribution in [0.5, 0.6) is 11.5 Å². The fraction of sp³-hybridized carbons (Fsp3) is 0.240. The van der Waals surface area contributed by atoms with E-state index in [-0.39, 0.29) is 12.1 Å². The predicted molar refractivity (Wildman–Crippen MR) is 119 cm³/mol. The summed E-state index contributed by atoms with van der Waals surface area (Å²) in [7, 11) is 1.63. The molecule has 3 aromatic carbocycles. The molecule has 4 rings (SSSR count). The van der Waals surface area contributed by atoms with Gasteiger partial charge < -0.3 is 14.8 Å². The molecule has 0 fully saturated rings. The van der Waals surface area contributed by atoms with Gasteiger partial charge in [0, 0.05) is 11.4 Å². The molecular formula is C25H26N2O3. The third-order valence-electron chi connectivity index (χ3n) is 5.06. The van der Waals surface area contributed by atoms with E-state index in [1.165, 1.54) is 0 Å². The Balaban J connectivity index is 1.70. The smallest absolute Gasteiger partial charge is 0.262 e. The number of fused-ring (bicyclic) bond motifs is 1. The molecule has 5 heteroatoms. The number of nitrogens with zero attached hydrogens (tertiary/aromatic N) is 1. The lowest BCUT2D eigenvalue weighted by atomic mass is 10.0. The molecule has 1 amide bonds. The zero-order valence-corrected chi connectivity index (χ0v) is 17.5. The molecule has 0 saturated carbocycles. The molecular weight excluding hydrogens is 376 g/mol. The van der Waals surface area contributed by atoms with E-state index in [0.717, 1.165) is 28.4 Å². The van der Waals surface area contributed by atoms with Crippen LogP contribution >= 0.6 is 0 Å². The number of amides is 1. The number of ether oxygens (including phenoxy) is 2. The van der Waals surface area contributed by atoms with E-state index < -0.39 is 0 Å². The van der Waals surface area contributed by atoms with Crippen molar-refractivity contribution in [2.75, 3.05) is 23.9 Å². The van der Waals surface area contributed by atoms with E-state index >= 15 is 0 Å². The number of hydrogen-bond acceptors (Lipinski definition) is 4. The minimum atomic E-state index is -0.333. The number of carbonyl (C=O) groups excluding carboxylic acids is 1. The second kappa shape index (κ2) is 8.49. The summed E-state index contributed by atoms with van der Waals surface area (Å²) in [6.07, 6.45) is -0.333. The number of anilines is 2. The van der Waals surface area contributed by atoms with Gasteiger partial charge in [-0.2, -0.15) is 0 Å². The highest BCUT2D eigenvalue weighted by Crippen LogP contribution is 2.37. The summed E-state index contributed by atoms with van der Waals surface area (Å²) in [6, 6.07) is 23.0. The van der Waals surface area contributed by atoms with E-state index in [1.54, 1.807) is 12.0 Å².